The highest BCUT2D eigenvalue weighted by Crippen LogP contribution is 2.08. The number of halogens is 2. The van der Waals surface area contributed by atoms with Gasteiger partial charge in [-0.3, -0.25) is 15.1 Å². The van der Waals surface area contributed by atoms with Crippen LogP contribution >= 0.6 is 0 Å². The zero-order chi connectivity index (χ0) is 30.3. The molecule has 43 heavy (non-hydrogen) atoms. The lowest BCUT2D eigenvalue weighted by atomic mass is 9.82. The molecule has 0 saturated heterocycles. The molecule has 0 aromatic carbocycles. The average molecular weight is 574 g/mol. The quantitative estimate of drug-likeness (QED) is 0.212. The summed E-state index contributed by atoms with van der Waals surface area (Å²) >= 11 is 0. The van der Waals surface area contributed by atoms with Crippen molar-refractivity contribution in [1.82, 2.24) is 39.9 Å². The fourth-order valence-corrected chi connectivity index (χ4v) is 3.09. The Hall–Kier alpha value is -6.02. The predicted molar refractivity (Wildman–Crippen MR) is 154 cm³/mol. The van der Waals surface area contributed by atoms with Gasteiger partial charge in [-0.1, -0.05) is 24.0 Å². The minimum absolute atomic E-state index is 0.0556. The molecule has 6 heterocycles. The van der Waals surface area contributed by atoms with E-state index in [1.54, 1.807) is 37.2 Å². The van der Waals surface area contributed by atoms with E-state index >= 15 is 0 Å². The zero-order valence-electron chi connectivity index (χ0n) is 22.3. The van der Waals surface area contributed by atoms with Crippen LogP contribution in [-0.4, -0.2) is 57.1 Å². The standard InChI is InChI=1S/C15H9FN4.C10H7N3.C5H5BFNO2/c16-13-7-15(10-17-9-13)20-11-12(8-19-20)4-5-14-3-1-2-6-18-14;1-2-6-11-10(3-1)5-4-9-7-12-13-8-9;7-5-1-4(6(9)10)2-8-3-5/h1-3,6-11H;1-3,6-8H,(H,12,13);1-3,9-10H. The molecule has 210 valence electrons. The minimum atomic E-state index is -1.65. The lowest BCUT2D eigenvalue weighted by Gasteiger charge is -1.98. The molecular weight excluding hydrogens is 553 g/mol. The molecule has 6 rings (SSSR count). The number of pyridine rings is 4. The highest BCUT2D eigenvalue weighted by Gasteiger charge is 2.10. The van der Waals surface area contributed by atoms with Crippen LogP contribution in [0.1, 0.15) is 22.5 Å². The summed E-state index contributed by atoms with van der Waals surface area (Å²) in [6, 6.07) is 13.5. The maximum Gasteiger partial charge on any atom is 0.490 e. The van der Waals surface area contributed by atoms with E-state index in [4.69, 9.17) is 10.0 Å². The Bertz CT molecular complexity index is 1850. The molecule has 6 aromatic rings. The highest BCUT2D eigenvalue weighted by molar-refractivity contribution is 6.58. The summed E-state index contributed by atoms with van der Waals surface area (Å²) in [6.07, 6.45) is 15.0. The largest absolute Gasteiger partial charge is 0.490 e. The smallest absolute Gasteiger partial charge is 0.423 e. The molecule has 0 saturated carbocycles. The van der Waals surface area contributed by atoms with Crippen LogP contribution in [-0.2, 0) is 0 Å². The van der Waals surface area contributed by atoms with Gasteiger partial charge in [-0.05, 0) is 42.2 Å². The number of aromatic nitrogens is 8. The van der Waals surface area contributed by atoms with Crippen molar-refractivity contribution in [3.8, 4) is 29.4 Å². The van der Waals surface area contributed by atoms with Crippen molar-refractivity contribution >= 4 is 12.6 Å². The molecule has 0 aliphatic rings. The van der Waals surface area contributed by atoms with Crippen LogP contribution in [0.15, 0.2) is 110 Å². The van der Waals surface area contributed by atoms with Gasteiger partial charge in [0, 0.05) is 42.5 Å². The van der Waals surface area contributed by atoms with Crippen molar-refractivity contribution < 1.29 is 18.8 Å². The van der Waals surface area contributed by atoms with E-state index in [2.05, 4.69) is 58.9 Å². The van der Waals surface area contributed by atoms with Gasteiger partial charge in [0.25, 0.3) is 0 Å². The molecule has 3 N–H and O–H groups in total. The lowest BCUT2D eigenvalue weighted by molar-refractivity contribution is 0.425. The van der Waals surface area contributed by atoms with E-state index in [1.807, 2.05) is 36.4 Å². The normalized spacial score (nSPS) is 9.49. The van der Waals surface area contributed by atoms with Crippen LogP contribution in [0.4, 0.5) is 8.78 Å². The van der Waals surface area contributed by atoms with Gasteiger partial charge >= 0.3 is 7.12 Å². The molecule has 0 bridgehead atoms. The topological polar surface area (TPSA) is 139 Å². The first-order valence-corrected chi connectivity index (χ1v) is 12.4. The molecule has 0 amide bonds. The molecular formula is C30H21BF2N8O2. The van der Waals surface area contributed by atoms with E-state index in [1.165, 1.54) is 23.1 Å². The van der Waals surface area contributed by atoms with Gasteiger partial charge in [-0.15, -0.1) is 0 Å². The van der Waals surface area contributed by atoms with Gasteiger partial charge in [-0.2, -0.15) is 10.2 Å². The fourth-order valence-electron chi connectivity index (χ4n) is 3.09. The van der Waals surface area contributed by atoms with Gasteiger partial charge < -0.3 is 10.0 Å². The van der Waals surface area contributed by atoms with E-state index in [9.17, 15) is 8.78 Å². The monoisotopic (exact) mass is 574 g/mol. The van der Waals surface area contributed by atoms with E-state index in [0.717, 1.165) is 35.3 Å². The molecule has 0 radical (unpaired) electrons. The number of rotatable bonds is 2. The molecule has 0 spiro atoms. The average Bonchev–Trinajstić information content (AvgIpc) is 3.74. The molecule has 10 nitrogen and oxygen atoms in total. The van der Waals surface area contributed by atoms with Gasteiger partial charge in [0.15, 0.2) is 0 Å². The third-order valence-corrected chi connectivity index (χ3v) is 5.06. The molecule has 13 heteroatoms. The van der Waals surface area contributed by atoms with Gasteiger partial charge in [0.05, 0.1) is 47.8 Å². The number of hydrogen-bond acceptors (Lipinski definition) is 8. The first-order valence-electron chi connectivity index (χ1n) is 12.4. The number of nitrogens with one attached hydrogen (secondary N) is 1. The Morgan fingerprint density at radius 2 is 1.37 bits per heavy atom. The third-order valence-electron chi connectivity index (χ3n) is 5.06. The Balaban J connectivity index is 0.000000159. The van der Waals surface area contributed by atoms with E-state index in [-0.39, 0.29) is 5.46 Å². The van der Waals surface area contributed by atoms with Crippen molar-refractivity contribution in [2.75, 3.05) is 0 Å². The maximum absolute atomic E-state index is 13.1. The summed E-state index contributed by atoms with van der Waals surface area (Å²) in [5.41, 5.74) is 3.65. The third kappa shape index (κ3) is 10.2. The van der Waals surface area contributed by atoms with Crippen LogP contribution in [0, 0.1) is 35.3 Å². The number of H-pyrrole nitrogens is 1. The predicted octanol–water partition coefficient (Wildman–Crippen LogP) is 2.31. The first kappa shape index (κ1) is 30.0. The van der Waals surface area contributed by atoms with Crippen LogP contribution in [0.25, 0.3) is 5.69 Å². The first-order chi connectivity index (χ1) is 21.0. The highest BCUT2D eigenvalue weighted by atomic mass is 19.1. The van der Waals surface area contributed by atoms with Crippen LogP contribution in [0.3, 0.4) is 0 Å². The van der Waals surface area contributed by atoms with Gasteiger partial charge in [0.2, 0.25) is 0 Å². The fraction of sp³-hybridized carbons (Fsp3) is 0. The van der Waals surface area contributed by atoms with Crippen molar-refractivity contribution in [1.29, 1.82) is 0 Å². The summed E-state index contributed by atoms with van der Waals surface area (Å²) in [7, 11) is -1.65. The molecule has 6 aromatic heterocycles. The minimum Gasteiger partial charge on any atom is -0.423 e. The van der Waals surface area contributed by atoms with Crippen LogP contribution in [0.2, 0.25) is 0 Å². The second kappa shape index (κ2) is 15.7. The van der Waals surface area contributed by atoms with Gasteiger partial charge in [0.1, 0.15) is 23.0 Å². The summed E-state index contributed by atoms with van der Waals surface area (Å²) in [5, 5.41) is 27.6. The van der Waals surface area contributed by atoms with Crippen LogP contribution < -0.4 is 5.46 Å². The van der Waals surface area contributed by atoms with Gasteiger partial charge in [-0.25, -0.2) is 23.4 Å². The van der Waals surface area contributed by atoms with Crippen molar-refractivity contribution in [2.45, 2.75) is 0 Å². The second-order valence-electron chi connectivity index (χ2n) is 8.26. The Labute approximate surface area is 245 Å². The Kier molecular flexibility index (Phi) is 10.9. The van der Waals surface area contributed by atoms with E-state index in [0.29, 0.717) is 11.4 Å². The second-order valence-corrected chi connectivity index (χ2v) is 8.26. The zero-order valence-corrected chi connectivity index (χ0v) is 22.3. The molecule has 0 unspecified atom stereocenters. The molecule has 0 atom stereocenters. The van der Waals surface area contributed by atoms with Crippen molar-refractivity contribution in [2.24, 2.45) is 0 Å². The number of aromatic amines is 1. The summed E-state index contributed by atoms with van der Waals surface area (Å²) < 4.78 is 26.9. The summed E-state index contributed by atoms with van der Waals surface area (Å²) in [6.45, 7) is 0. The lowest BCUT2D eigenvalue weighted by Crippen LogP contribution is -2.30. The Morgan fingerprint density at radius 3 is 1.91 bits per heavy atom. The number of hydrogen-bond donors (Lipinski definition) is 3. The summed E-state index contributed by atoms with van der Waals surface area (Å²) in [5.74, 6) is 10.8. The van der Waals surface area contributed by atoms with Crippen molar-refractivity contribution in [3.63, 3.8) is 0 Å². The molecule has 0 fully saturated rings. The maximum atomic E-state index is 13.1. The number of nitrogens with zero attached hydrogens (tertiary/aromatic N) is 7. The SMILES string of the molecule is C(#Cc1ccccn1)c1cn[nH]c1.Fc1cncc(-n2cc(C#Cc3ccccn3)cn2)c1.OB(O)c1cncc(F)c1. The van der Waals surface area contributed by atoms with Crippen molar-refractivity contribution in [3.05, 3.63) is 145 Å². The summed E-state index contributed by atoms with van der Waals surface area (Å²) in [4.78, 5) is 15.4. The van der Waals surface area contributed by atoms with Crippen LogP contribution in [0.5, 0.6) is 0 Å². The molecule has 0 aliphatic heterocycles. The Morgan fingerprint density at radius 1 is 0.721 bits per heavy atom. The molecule has 0 aliphatic carbocycles. The van der Waals surface area contributed by atoms with E-state index < -0.39 is 18.8 Å².